The molecule has 3 rings (SSSR count). The van der Waals surface area contributed by atoms with Gasteiger partial charge in [0.25, 0.3) is 0 Å². The zero-order valence-electron chi connectivity index (χ0n) is 19.2. The maximum atomic E-state index is 13.7. The Balaban J connectivity index is 2.13. The number of ether oxygens (including phenoxy) is 2. The van der Waals surface area contributed by atoms with Crippen LogP contribution in [0.2, 0.25) is 0 Å². The number of anilines is 2. The number of carbonyl (C=O) groups is 1. The van der Waals surface area contributed by atoms with Gasteiger partial charge in [-0.1, -0.05) is 23.8 Å². The number of hydrogen-bond donors (Lipinski definition) is 0. The molecule has 0 saturated carbocycles. The Bertz CT molecular complexity index is 1200. The standard InChI is InChI=1S/C27H25N3O3/c1-18-5-6-19(2)20(13-18)9-12-27(31)30(25-14-23(32-3)10-7-21(25)16-28)26-15-24(33-4)11-8-22(26)17-29/h5-8,10-11,13-15H,9,12H2,1-4H3. The fraction of sp³-hybridized carbons (Fsp3) is 0.222. The Kier molecular flexibility index (Phi) is 7.33. The largest absolute Gasteiger partial charge is 0.497 e. The van der Waals surface area contributed by atoms with Gasteiger partial charge in [-0.05, 0) is 55.7 Å². The molecule has 0 heterocycles. The summed E-state index contributed by atoms with van der Waals surface area (Å²) < 4.78 is 10.7. The maximum Gasteiger partial charge on any atom is 0.231 e. The third kappa shape index (κ3) is 5.14. The van der Waals surface area contributed by atoms with Gasteiger partial charge in [0.1, 0.15) is 23.6 Å². The first-order chi connectivity index (χ1) is 15.9. The number of nitriles is 2. The van der Waals surface area contributed by atoms with Crippen LogP contribution in [0.5, 0.6) is 11.5 Å². The van der Waals surface area contributed by atoms with Crippen LogP contribution in [-0.4, -0.2) is 20.1 Å². The van der Waals surface area contributed by atoms with Crippen molar-refractivity contribution in [1.82, 2.24) is 0 Å². The van der Waals surface area contributed by atoms with Gasteiger partial charge in [0.05, 0.1) is 36.7 Å². The summed E-state index contributed by atoms with van der Waals surface area (Å²) in [4.78, 5) is 15.1. The van der Waals surface area contributed by atoms with Gasteiger partial charge >= 0.3 is 0 Å². The lowest BCUT2D eigenvalue weighted by Gasteiger charge is -2.26. The van der Waals surface area contributed by atoms with Crippen LogP contribution < -0.4 is 14.4 Å². The molecule has 0 aromatic heterocycles. The van der Waals surface area contributed by atoms with Gasteiger partial charge in [-0.15, -0.1) is 0 Å². The van der Waals surface area contributed by atoms with Crippen molar-refractivity contribution in [1.29, 1.82) is 10.5 Å². The molecule has 166 valence electrons. The molecule has 0 fully saturated rings. The summed E-state index contributed by atoms with van der Waals surface area (Å²) in [5.41, 5.74) is 4.61. The van der Waals surface area contributed by atoms with Crippen LogP contribution in [0.15, 0.2) is 54.6 Å². The fourth-order valence-electron chi connectivity index (χ4n) is 3.66. The van der Waals surface area contributed by atoms with Crippen LogP contribution in [-0.2, 0) is 11.2 Å². The van der Waals surface area contributed by atoms with Crippen molar-refractivity contribution in [2.75, 3.05) is 19.1 Å². The molecule has 0 saturated heterocycles. The first kappa shape index (κ1) is 23.4. The molecule has 0 N–H and O–H groups in total. The lowest BCUT2D eigenvalue weighted by atomic mass is 10.0. The second kappa shape index (κ2) is 10.3. The quantitative estimate of drug-likeness (QED) is 0.494. The van der Waals surface area contributed by atoms with Crippen LogP contribution in [0.3, 0.4) is 0 Å². The monoisotopic (exact) mass is 439 g/mol. The molecule has 0 bridgehead atoms. The zero-order chi connectivity index (χ0) is 24.0. The van der Waals surface area contributed by atoms with E-state index < -0.39 is 0 Å². The van der Waals surface area contributed by atoms with Gasteiger partial charge in [-0.3, -0.25) is 9.69 Å². The van der Waals surface area contributed by atoms with Crippen molar-refractivity contribution in [3.05, 3.63) is 82.4 Å². The minimum atomic E-state index is -0.245. The van der Waals surface area contributed by atoms with E-state index in [2.05, 4.69) is 18.2 Å². The SMILES string of the molecule is COc1ccc(C#N)c(N(C(=O)CCc2cc(C)ccc2C)c2cc(OC)ccc2C#N)c1. The summed E-state index contributed by atoms with van der Waals surface area (Å²) in [5.74, 6) is 0.751. The van der Waals surface area contributed by atoms with Crippen molar-refractivity contribution in [2.24, 2.45) is 0 Å². The Morgan fingerprint density at radius 3 is 1.88 bits per heavy atom. The topological polar surface area (TPSA) is 86.3 Å². The number of nitrogens with zero attached hydrogens (tertiary/aromatic N) is 3. The van der Waals surface area contributed by atoms with Crippen LogP contribution in [0.1, 0.15) is 34.2 Å². The Morgan fingerprint density at radius 1 is 0.848 bits per heavy atom. The van der Waals surface area contributed by atoms with E-state index in [4.69, 9.17) is 9.47 Å². The van der Waals surface area contributed by atoms with E-state index in [1.165, 1.54) is 19.1 Å². The molecule has 6 nitrogen and oxygen atoms in total. The van der Waals surface area contributed by atoms with Crippen molar-refractivity contribution in [2.45, 2.75) is 26.7 Å². The predicted octanol–water partition coefficient (Wildman–Crippen LogP) is 5.36. The van der Waals surface area contributed by atoms with Crippen LogP contribution >= 0.6 is 0 Å². The number of benzene rings is 3. The molecule has 0 aliphatic rings. The van der Waals surface area contributed by atoms with E-state index >= 15 is 0 Å². The minimum Gasteiger partial charge on any atom is -0.497 e. The van der Waals surface area contributed by atoms with Gasteiger partial charge in [0, 0.05) is 18.6 Å². The number of amides is 1. The maximum absolute atomic E-state index is 13.7. The molecule has 3 aromatic carbocycles. The number of hydrogen-bond acceptors (Lipinski definition) is 5. The van der Waals surface area contributed by atoms with Gasteiger partial charge in [0.2, 0.25) is 5.91 Å². The molecule has 3 aromatic rings. The third-order valence-electron chi connectivity index (χ3n) is 5.49. The summed E-state index contributed by atoms with van der Waals surface area (Å²) in [7, 11) is 3.04. The second-order valence-corrected chi connectivity index (χ2v) is 7.65. The minimum absolute atomic E-state index is 0.189. The van der Waals surface area contributed by atoms with E-state index in [1.54, 1.807) is 36.4 Å². The third-order valence-corrected chi connectivity index (χ3v) is 5.49. The number of rotatable bonds is 7. The number of methoxy groups -OCH3 is 2. The fourth-order valence-corrected chi connectivity index (χ4v) is 3.66. The Hall–Kier alpha value is -4.29. The van der Waals surface area contributed by atoms with Gasteiger partial charge < -0.3 is 9.47 Å². The molecule has 6 heteroatoms. The van der Waals surface area contributed by atoms with Crippen LogP contribution in [0.4, 0.5) is 11.4 Å². The second-order valence-electron chi connectivity index (χ2n) is 7.65. The van der Waals surface area contributed by atoms with Gasteiger partial charge in [-0.25, -0.2) is 0 Å². The molecular weight excluding hydrogens is 414 g/mol. The van der Waals surface area contributed by atoms with E-state index in [-0.39, 0.29) is 12.3 Å². The molecule has 33 heavy (non-hydrogen) atoms. The van der Waals surface area contributed by atoms with E-state index in [0.29, 0.717) is 40.4 Å². The predicted molar refractivity (Wildman–Crippen MR) is 127 cm³/mol. The molecule has 0 atom stereocenters. The van der Waals surface area contributed by atoms with E-state index in [1.807, 2.05) is 26.0 Å². The summed E-state index contributed by atoms with van der Waals surface area (Å²) in [6, 6.07) is 20.2. The average Bonchev–Trinajstić information content (AvgIpc) is 2.84. The molecule has 1 amide bonds. The first-order valence-corrected chi connectivity index (χ1v) is 10.5. The highest BCUT2D eigenvalue weighted by Crippen LogP contribution is 2.36. The zero-order valence-corrected chi connectivity index (χ0v) is 19.2. The van der Waals surface area contributed by atoms with Crippen molar-refractivity contribution < 1.29 is 14.3 Å². The molecular formula is C27H25N3O3. The Morgan fingerprint density at radius 2 is 1.39 bits per heavy atom. The summed E-state index contributed by atoms with van der Waals surface area (Å²) in [6.45, 7) is 4.03. The summed E-state index contributed by atoms with van der Waals surface area (Å²) in [6.07, 6.45) is 0.717. The van der Waals surface area contributed by atoms with E-state index in [0.717, 1.165) is 16.7 Å². The highest BCUT2D eigenvalue weighted by Gasteiger charge is 2.25. The highest BCUT2D eigenvalue weighted by molar-refractivity contribution is 6.03. The van der Waals surface area contributed by atoms with Crippen LogP contribution in [0.25, 0.3) is 0 Å². The summed E-state index contributed by atoms with van der Waals surface area (Å²) >= 11 is 0. The highest BCUT2D eigenvalue weighted by atomic mass is 16.5. The Labute approximate surface area is 194 Å². The molecule has 0 radical (unpaired) electrons. The first-order valence-electron chi connectivity index (χ1n) is 10.5. The molecule has 0 aliphatic heterocycles. The lowest BCUT2D eigenvalue weighted by Crippen LogP contribution is -2.28. The lowest BCUT2D eigenvalue weighted by molar-refractivity contribution is -0.117. The van der Waals surface area contributed by atoms with Gasteiger partial charge in [-0.2, -0.15) is 10.5 Å². The average molecular weight is 440 g/mol. The smallest absolute Gasteiger partial charge is 0.231 e. The molecule has 0 unspecified atom stereocenters. The molecule has 0 spiro atoms. The number of aryl methyl sites for hydroxylation is 3. The van der Waals surface area contributed by atoms with Crippen molar-refractivity contribution >= 4 is 17.3 Å². The van der Waals surface area contributed by atoms with E-state index in [9.17, 15) is 15.3 Å². The van der Waals surface area contributed by atoms with Gasteiger partial charge in [0.15, 0.2) is 0 Å². The van der Waals surface area contributed by atoms with Crippen molar-refractivity contribution in [3.8, 4) is 23.6 Å². The van der Waals surface area contributed by atoms with Crippen molar-refractivity contribution in [3.63, 3.8) is 0 Å². The summed E-state index contributed by atoms with van der Waals surface area (Å²) in [5, 5.41) is 19.5. The van der Waals surface area contributed by atoms with Crippen LogP contribution in [0, 0.1) is 36.5 Å². The number of carbonyl (C=O) groups excluding carboxylic acids is 1. The molecule has 0 aliphatic carbocycles. The normalized spacial score (nSPS) is 10.1.